The van der Waals surface area contributed by atoms with Gasteiger partial charge in [0.2, 0.25) is 5.91 Å². The van der Waals surface area contributed by atoms with Gasteiger partial charge in [-0.3, -0.25) is 14.5 Å². The van der Waals surface area contributed by atoms with E-state index in [1.807, 2.05) is 32.6 Å². The number of hydrogen-bond donors (Lipinski definition) is 1. The molecule has 106 valence electrons. The number of carbonyl (C=O) groups is 2. The summed E-state index contributed by atoms with van der Waals surface area (Å²) in [6, 6.07) is 0.425. The molecule has 0 radical (unpaired) electrons. The Hall–Kier alpha value is -1.10. The number of likely N-dealkylation sites (N-methyl/N-ethyl adjacent to an activating group) is 1. The summed E-state index contributed by atoms with van der Waals surface area (Å²) in [7, 11) is 1.79. The summed E-state index contributed by atoms with van der Waals surface area (Å²) in [5, 5.41) is 8.61. The molecule has 1 amide bonds. The van der Waals surface area contributed by atoms with Crippen LogP contribution in [0.15, 0.2) is 0 Å². The Bertz CT molecular complexity index is 277. The number of carbonyl (C=O) groups excluding carboxylic acids is 1. The van der Waals surface area contributed by atoms with Crippen molar-refractivity contribution in [1.82, 2.24) is 9.80 Å². The zero-order valence-corrected chi connectivity index (χ0v) is 12.1. The van der Waals surface area contributed by atoms with Gasteiger partial charge in [-0.05, 0) is 40.7 Å². The Kier molecular flexibility index (Phi) is 7.59. The minimum atomic E-state index is -0.788. The molecule has 0 aliphatic rings. The predicted octanol–water partition coefficient (Wildman–Crippen LogP) is 1.43. The van der Waals surface area contributed by atoms with Crippen molar-refractivity contribution in [3.05, 3.63) is 0 Å². The maximum absolute atomic E-state index is 12.0. The average Bonchev–Trinajstić information content (AvgIpc) is 2.25. The lowest BCUT2D eigenvalue weighted by molar-refractivity contribution is -0.137. The highest BCUT2D eigenvalue weighted by molar-refractivity contribution is 5.78. The zero-order chi connectivity index (χ0) is 14.3. The number of amides is 1. The van der Waals surface area contributed by atoms with Crippen LogP contribution in [0.25, 0.3) is 0 Å². The van der Waals surface area contributed by atoms with Gasteiger partial charge in [0.1, 0.15) is 0 Å². The van der Waals surface area contributed by atoms with E-state index < -0.39 is 5.97 Å². The van der Waals surface area contributed by atoms with Crippen molar-refractivity contribution in [2.24, 2.45) is 0 Å². The second-order valence-corrected chi connectivity index (χ2v) is 5.16. The molecule has 0 aromatic heterocycles. The Balaban J connectivity index is 4.27. The molecule has 0 saturated carbocycles. The minimum absolute atomic E-state index is 0.0778. The van der Waals surface area contributed by atoms with E-state index in [-0.39, 0.29) is 24.4 Å². The molecular weight excluding hydrogens is 232 g/mol. The summed E-state index contributed by atoms with van der Waals surface area (Å²) in [4.78, 5) is 26.2. The van der Waals surface area contributed by atoms with Gasteiger partial charge in [-0.2, -0.15) is 0 Å². The predicted molar refractivity (Wildman–Crippen MR) is 71.5 cm³/mol. The average molecular weight is 258 g/mol. The van der Waals surface area contributed by atoms with Crippen LogP contribution in [0.4, 0.5) is 0 Å². The Labute approximate surface area is 110 Å². The largest absolute Gasteiger partial charge is 0.481 e. The molecule has 0 aliphatic heterocycles. The second-order valence-electron chi connectivity index (χ2n) is 5.16. The summed E-state index contributed by atoms with van der Waals surface area (Å²) < 4.78 is 0. The molecule has 1 N–H and O–H groups in total. The molecule has 0 saturated heterocycles. The molecule has 0 fully saturated rings. The number of carboxylic acid groups (broad SMARTS) is 1. The Morgan fingerprint density at radius 3 is 2.06 bits per heavy atom. The van der Waals surface area contributed by atoms with Crippen LogP contribution < -0.4 is 0 Å². The molecule has 18 heavy (non-hydrogen) atoms. The smallest absolute Gasteiger partial charge is 0.303 e. The van der Waals surface area contributed by atoms with Crippen molar-refractivity contribution < 1.29 is 14.7 Å². The van der Waals surface area contributed by atoms with Crippen LogP contribution in [-0.2, 0) is 9.59 Å². The van der Waals surface area contributed by atoms with Gasteiger partial charge in [0.25, 0.3) is 0 Å². The van der Waals surface area contributed by atoms with Crippen LogP contribution in [0.5, 0.6) is 0 Å². The standard InChI is InChI=1S/C13H26N2O3/c1-10(2)14(5)12(16)9-15(11(3)4)8-6-7-13(17)18/h10-11H,6-9H2,1-5H3,(H,17,18). The Morgan fingerprint density at radius 2 is 1.67 bits per heavy atom. The third-order valence-corrected chi connectivity index (χ3v) is 3.07. The fraction of sp³-hybridized carbons (Fsp3) is 0.846. The van der Waals surface area contributed by atoms with E-state index in [2.05, 4.69) is 0 Å². The third kappa shape index (κ3) is 6.59. The lowest BCUT2D eigenvalue weighted by Gasteiger charge is -2.29. The minimum Gasteiger partial charge on any atom is -0.481 e. The fourth-order valence-corrected chi connectivity index (χ4v) is 1.53. The highest BCUT2D eigenvalue weighted by Gasteiger charge is 2.18. The van der Waals surface area contributed by atoms with E-state index in [9.17, 15) is 9.59 Å². The molecular formula is C13H26N2O3. The van der Waals surface area contributed by atoms with Gasteiger partial charge in [-0.15, -0.1) is 0 Å². The van der Waals surface area contributed by atoms with E-state index in [4.69, 9.17) is 5.11 Å². The maximum Gasteiger partial charge on any atom is 0.303 e. The van der Waals surface area contributed by atoms with E-state index in [0.29, 0.717) is 19.5 Å². The lowest BCUT2D eigenvalue weighted by Crippen LogP contribution is -2.44. The summed E-state index contributed by atoms with van der Waals surface area (Å²) in [5.74, 6) is -0.710. The molecule has 0 aromatic carbocycles. The van der Waals surface area contributed by atoms with Crippen LogP contribution in [-0.4, -0.2) is 59.0 Å². The number of hydrogen-bond acceptors (Lipinski definition) is 3. The molecule has 0 spiro atoms. The van der Waals surface area contributed by atoms with E-state index >= 15 is 0 Å². The maximum atomic E-state index is 12.0. The van der Waals surface area contributed by atoms with Crippen LogP contribution in [0.2, 0.25) is 0 Å². The van der Waals surface area contributed by atoms with Gasteiger partial charge in [0.15, 0.2) is 0 Å². The van der Waals surface area contributed by atoms with Crippen LogP contribution >= 0.6 is 0 Å². The van der Waals surface area contributed by atoms with Crippen LogP contribution in [0, 0.1) is 0 Å². The molecule has 0 atom stereocenters. The third-order valence-electron chi connectivity index (χ3n) is 3.07. The molecule has 0 aromatic rings. The molecule has 0 heterocycles. The molecule has 5 heteroatoms. The molecule has 0 bridgehead atoms. The summed E-state index contributed by atoms with van der Waals surface area (Å²) in [6.07, 6.45) is 0.726. The zero-order valence-electron chi connectivity index (χ0n) is 12.1. The first-order chi connectivity index (χ1) is 8.25. The number of carboxylic acids is 1. The first-order valence-electron chi connectivity index (χ1n) is 6.47. The monoisotopic (exact) mass is 258 g/mol. The highest BCUT2D eigenvalue weighted by Crippen LogP contribution is 2.04. The highest BCUT2D eigenvalue weighted by atomic mass is 16.4. The topological polar surface area (TPSA) is 60.9 Å². The molecule has 0 aliphatic carbocycles. The van der Waals surface area contributed by atoms with Crippen molar-refractivity contribution in [1.29, 1.82) is 0 Å². The first kappa shape index (κ1) is 16.9. The van der Waals surface area contributed by atoms with Crippen molar-refractivity contribution in [2.75, 3.05) is 20.1 Å². The van der Waals surface area contributed by atoms with Gasteiger partial charge in [0, 0.05) is 25.6 Å². The molecule has 0 unspecified atom stereocenters. The summed E-state index contributed by atoms with van der Waals surface area (Å²) in [5.41, 5.74) is 0. The quantitative estimate of drug-likeness (QED) is 0.715. The number of rotatable bonds is 8. The SMILES string of the molecule is CC(C)N(CCCC(=O)O)CC(=O)N(C)C(C)C. The van der Waals surface area contributed by atoms with Crippen LogP contribution in [0.3, 0.4) is 0 Å². The second kappa shape index (κ2) is 8.08. The van der Waals surface area contributed by atoms with Gasteiger partial charge in [-0.25, -0.2) is 0 Å². The van der Waals surface area contributed by atoms with E-state index in [0.717, 1.165) is 0 Å². The van der Waals surface area contributed by atoms with Crippen molar-refractivity contribution in [3.8, 4) is 0 Å². The van der Waals surface area contributed by atoms with Crippen molar-refractivity contribution >= 4 is 11.9 Å². The van der Waals surface area contributed by atoms with E-state index in [1.54, 1.807) is 11.9 Å². The molecule has 0 rings (SSSR count). The van der Waals surface area contributed by atoms with Crippen molar-refractivity contribution in [3.63, 3.8) is 0 Å². The fourth-order valence-electron chi connectivity index (χ4n) is 1.53. The lowest BCUT2D eigenvalue weighted by atomic mass is 10.2. The normalized spacial score (nSPS) is 11.3. The van der Waals surface area contributed by atoms with E-state index in [1.165, 1.54) is 0 Å². The Morgan fingerprint density at radius 1 is 1.11 bits per heavy atom. The first-order valence-corrected chi connectivity index (χ1v) is 6.47. The molecule has 5 nitrogen and oxygen atoms in total. The summed E-state index contributed by atoms with van der Waals surface area (Å²) in [6.45, 7) is 8.98. The van der Waals surface area contributed by atoms with Gasteiger partial charge in [-0.1, -0.05) is 0 Å². The van der Waals surface area contributed by atoms with Gasteiger partial charge < -0.3 is 10.0 Å². The van der Waals surface area contributed by atoms with Gasteiger partial charge in [0.05, 0.1) is 6.54 Å². The van der Waals surface area contributed by atoms with Gasteiger partial charge >= 0.3 is 5.97 Å². The van der Waals surface area contributed by atoms with Crippen LogP contribution in [0.1, 0.15) is 40.5 Å². The number of aliphatic carboxylic acids is 1. The summed E-state index contributed by atoms with van der Waals surface area (Å²) >= 11 is 0. The van der Waals surface area contributed by atoms with Crippen molar-refractivity contribution in [2.45, 2.75) is 52.6 Å². The number of nitrogens with zero attached hydrogens (tertiary/aromatic N) is 2.